The summed E-state index contributed by atoms with van der Waals surface area (Å²) in [5, 5.41) is 2.57. The highest BCUT2D eigenvalue weighted by Crippen LogP contribution is 2.24. The molecule has 0 aromatic heterocycles. The summed E-state index contributed by atoms with van der Waals surface area (Å²) in [5.41, 5.74) is 7.85. The topological polar surface area (TPSA) is 78.7 Å². The minimum absolute atomic E-state index is 0.0315. The van der Waals surface area contributed by atoms with Crippen LogP contribution in [0.25, 0.3) is 0 Å². The van der Waals surface area contributed by atoms with Crippen LogP contribution < -0.4 is 16.0 Å². The van der Waals surface area contributed by atoms with Crippen molar-refractivity contribution in [1.29, 1.82) is 0 Å². The lowest BCUT2D eigenvalue weighted by molar-refractivity contribution is -0.120. The molecule has 6 heteroatoms. The third-order valence-corrected chi connectivity index (χ3v) is 3.05. The molecule has 6 nitrogen and oxygen atoms in total. The van der Waals surface area contributed by atoms with Crippen LogP contribution in [-0.2, 0) is 4.79 Å². The van der Waals surface area contributed by atoms with Gasteiger partial charge >= 0.3 is 0 Å². The molecule has 3 N–H and O–H groups in total. The number of anilines is 2. The van der Waals surface area contributed by atoms with Crippen molar-refractivity contribution >= 4 is 23.2 Å². The standard InChI is InChI=1S/C14H22N4O2/c1-16-13(19)7-8-18(4)12-9-10(5-6-11(12)15)14(20)17(2)3/h5-6,9H,7-8,15H2,1-4H3,(H,16,19). The molecule has 0 aliphatic carbocycles. The molecule has 20 heavy (non-hydrogen) atoms. The molecule has 0 aliphatic heterocycles. The largest absolute Gasteiger partial charge is 0.397 e. The summed E-state index contributed by atoms with van der Waals surface area (Å²) in [6.07, 6.45) is 0.373. The fraction of sp³-hybridized carbons (Fsp3) is 0.429. The molecule has 110 valence electrons. The normalized spacial score (nSPS) is 10.0. The van der Waals surface area contributed by atoms with Gasteiger partial charge in [-0.25, -0.2) is 0 Å². The van der Waals surface area contributed by atoms with Crippen LogP contribution in [0.15, 0.2) is 18.2 Å². The van der Waals surface area contributed by atoms with Crippen LogP contribution in [0.3, 0.4) is 0 Å². The molecule has 0 saturated carbocycles. The van der Waals surface area contributed by atoms with Gasteiger partial charge < -0.3 is 20.9 Å². The first kappa shape index (κ1) is 15.8. The Morgan fingerprint density at radius 2 is 1.90 bits per heavy atom. The van der Waals surface area contributed by atoms with E-state index < -0.39 is 0 Å². The number of carbonyl (C=O) groups is 2. The Labute approximate surface area is 119 Å². The predicted octanol–water partition coefficient (Wildman–Crippen LogP) is 0.543. The summed E-state index contributed by atoms with van der Waals surface area (Å²) in [5.74, 6) is -0.109. The molecular formula is C14H22N4O2. The number of amides is 2. The first-order valence-electron chi connectivity index (χ1n) is 6.39. The number of carbonyl (C=O) groups excluding carboxylic acids is 2. The number of rotatable bonds is 5. The van der Waals surface area contributed by atoms with Crippen molar-refractivity contribution in [2.24, 2.45) is 0 Å². The summed E-state index contributed by atoms with van der Waals surface area (Å²) < 4.78 is 0. The number of nitrogens with one attached hydrogen (secondary N) is 1. The molecule has 0 spiro atoms. The molecule has 0 heterocycles. The third-order valence-electron chi connectivity index (χ3n) is 3.05. The maximum Gasteiger partial charge on any atom is 0.253 e. The molecule has 1 aromatic carbocycles. The molecule has 1 rings (SSSR count). The number of benzene rings is 1. The quantitative estimate of drug-likeness (QED) is 0.771. The number of hydrogen-bond donors (Lipinski definition) is 2. The lowest BCUT2D eigenvalue weighted by Crippen LogP contribution is -2.27. The van der Waals surface area contributed by atoms with Gasteiger partial charge in [-0.15, -0.1) is 0 Å². The number of nitrogens with zero attached hydrogens (tertiary/aromatic N) is 2. The molecule has 0 atom stereocenters. The highest BCUT2D eigenvalue weighted by Gasteiger charge is 2.13. The Balaban J connectivity index is 2.90. The van der Waals surface area contributed by atoms with Gasteiger partial charge in [0.25, 0.3) is 5.91 Å². The second kappa shape index (κ2) is 6.79. The molecule has 0 bridgehead atoms. The van der Waals surface area contributed by atoms with E-state index in [1.807, 2.05) is 11.9 Å². The average Bonchev–Trinajstić information content (AvgIpc) is 2.43. The lowest BCUT2D eigenvalue weighted by atomic mass is 10.1. The van der Waals surface area contributed by atoms with Crippen LogP contribution >= 0.6 is 0 Å². The van der Waals surface area contributed by atoms with Crippen LogP contribution in [0.1, 0.15) is 16.8 Å². The molecule has 2 amide bonds. The van der Waals surface area contributed by atoms with Crippen molar-refractivity contribution in [3.05, 3.63) is 23.8 Å². The van der Waals surface area contributed by atoms with Gasteiger partial charge in [-0.05, 0) is 18.2 Å². The summed E-state index contributed by atoms with van der Waals surface area (Å²) in [6.45, 7) is 0.531. The zero-order chi connectivity index (χ0) is 15.3. The van der Waals surface area contributed by atoms with Crippen LogP contribution in [0.4, 0.5) is 11.4 Å². The second-order valence-electron chi connectivity index (χ2n) is 4.82. The second-order valence-corrected chi connectivity index (χ2v) is 4.82. The first-order chi connectivity index (χ1) is 9.36. The Morgan fingerprint density at radius 3 is 2.45 bits per heavy atom. The molecule has 0 saturated heterocycles. The van der Waals surface area contributed by atoms with Gasteiger partial charge in [-0.3, -0.25) is 9.59 Å². The minimum Gasteiger partial charge on any atom is -0.397 e. The van der Waals surface area contributed by atoms with Crippen LogP contribution in [0.5, 0.6) is 0 Å². The minimum atomic E-state index is -0.0778. The highest BCUT2D eigenvalue weighted by molar-refractivity contribution is 5.96. The van der Waals surface area contributed by atoms with Crippen molar-refractivity contribution in [2.75, 3.05) is 45.4 Å². The van der Waals surface area contributed by atoms with E-state index in [4.69, 9.17) is 5.73 Å². The number of hydrogen-bond acceptors (Lipinski definition) is 4. The molecular weight excluding hydrogens is 256 g/mol. The Bertz CT molecular complexity index is 500. The van der Waals surface area contributed by atoms with Gasteiger partial charge in [0.2, 0.25) is 5.91 Å². The monoisotopic (exact) mass is 278 g/mol. The van der Waals surface area contributed by atoms with E-state index in [9.17, 15) is 9.59 Å². The van der Waals surface area contributed by atoms with Gasteiger partial charge in [-0.1, -0.05) is 0 Å². The van der Waals surface area contributed by atoms with Crippen LogP contribution in [0.2, 0.25) is 0 Å². The van der Waals surface area contributed by atoms with E-state index in [-0.39, 0.29) is 11.8 Å². The van der Waals surface area contributed by atoms with E-state index in [0.717, 1.165) is 5.69 Å². The zero-order valence-corrected chi connectivity index (χ0v) is 12.4. The first-order valence-corrected chi connectivity index (χ1v) is 6.39. The number of nitrogen functional groups attached to an aromatic ring is 1. The van der Waals surface area contributed by atoms with Gasteiger partial charge in [-0.2, -0.15) is 0 Å². The van der Waals surface area contributed by atoms with E-state index >= 15 is 0 Å². The van der Waals surface area contributed by atoms with E-state index in [1.165, 1.54) is 4.90 Å². The van der Waals surface area contributed by atoms with Gasteiger partial charge in [0.1, 0.15) is 0 Å². The van der Waals surface area contributed by atoms with Crippen molar-refractivity contribution in [3.8, 4) is 0 Å². The maximum absolute atomic E-state index is 11.9. The van der Waals surface area contributed by atoms with Gasteiger partial charge in [0.05, 0.1) is 11.4 Å². The Morgan fingerprint density at radius 1 is 1.25 bits per heavy atom. The summed E-state index contributed by atoms with van der Waals surface area (Å²) in [4.78, 5) is 26.6. The summed E-state index contributed by atoms with van der Waals surface area (Å²) >= 11 is 0. The van der Waals surface area contributed by atoms with Gasteiger partial charge in [0, 0.05) is 46.7 Å². The van der Waals surface area contributed by atoms with E-state index in [0.29, 0.717) is 24.2 Å². The molecule has 1 aromatic rings. The summed E-state index contributed by atoms with van der Waals surface area (Å²) in [6, 6.07) is 5.16. The Hall–Kier alpha value is -2.24. The van der Waals surface area contributed by atoms with Crippen molar-refractivity contribution in [3.63, 3.8) is 0 Å². The van der Waals surface area contributed by atoms with Crippen LogP contribution in [-0.4, -0.2) is 51.4 Å². The predicted molar refractivity (Wildman–Crippen MR) is 80.8 cm³/mol. The van der Waals surface area contributed by atoms with Crippen molar-refractivity contribution in [1.82, 2.24) is 10.2 Å². The zero-order valence-electron chi connectivity index (χ0n) is 12.4. The van der Waals surface area contributed by atoms with E-state index in [2.05, 4.69) is 5.32 Å². The molecule has 0 unspecified atom stereocenters. The van der Waals surface area contributed by atoms with Crippen molar-refractivity contribution < 1.29 is 9.59 Å². The third kappa shape index (κ3) is 3.88. The maximum atomic E-state index is 11.9. The average molecular weight is 278 g/mol. The smallest absolute Gasteiger partial charge is 0.253 e. The van der Waals surface area contributed by atoms with Crippen LogP contribution in [0, 0.1) is 0 Å². The molecule has 0 aliphatic rings. The summed E-state index contributed by atoms with van der Waals surface area (Å²) in [7, 11) is 6.85. The lowest BCUT2D eigenvalue weighted by Gasteiger charge is -2.22. The fourth-order valence-corrected chi connectivity index (χ4v) is 1.78. The highest BCUT2D eigenvalue weighted by atomic mass is 16.2. The SMILES string of the molecule is CNC(=O)CCN(C)c1cc(C(=O)N(C)C)ccc1N. The fourth-order valence-electron chi connectivity index (χ4n) is 1.78. The number of nitrogens with two attached hydrogens (primary N) is 1. The van der Waals surface area contributed by atoms with Gasteiger partial charge in [0.15, 0.2) is 0 Å². The van der Waals surface area contributed by atoms with Crippen molar-refractivity contribution in [2.45, 2.75) is 6.42 Å². The van der Waals surface area contributed by atoms with E-state index in [1.54, 1.807) is 39.3 Å². The molecule has 0 fully saturated rings. The Kier molecular flexibility index (Phi) is 5.37. The molecule has 0 radical (unpaired) electrons.